The first-order valence-electron chi connectivity index (χ1n) is 7.90. The van der Waals surface area contributed by atoms with Crippen molar-refractivity contribution in [3.63, 3.8) is 0 Å². The van der Waals surface area contributed by atoms with E-state index in [2.05, 4.69) is 57.2 Å². The molecule has 0 atom stereocenters. The second kappa shape index (κ2) is 12.5. The van der Waals surface area contributed by atoms with E-state index in [4.69, 9.17) is 11.6 Å². The van der Waals surface area contributed by atoms with Crippen LogP contribution in [0.25, 0.3) is 0 Å². The summed E-state index contributed by atoms with van der Waals surface area (Å²) in [6.45, 7) is 10.6. The van der Waals surface area contributed by atoms with E-state index in [-0.39, 0.29) is 0 Å². The van der Waals surface area contributed by atoms with Crippen molar-refractivity contribution in [2.24, 2.45) is 5.92 Å². The molecule has 0 aliphatic rings. The third-order valence-corrected chi connectivity index (χ3v) is 3.06. The van der Waals surface area contributed by atoms with Crippen molar-refractivity contribution in [1.29, 1.82) is 0 Å². The van der Waals surface area contributed by atoms with Crippen LogP contribution in [0.5, 0.6) is 0 Å². The summed E-state index contributed by atoms with van der Waals surface area (Å²) in [5.41, 5.74) is 2.77. The predicted octanol–water partition coefficient (Wildman–Crippen LogP) is 6.81. The Kier molecular flexibility index (Phi) is 11.7. The van der Waals surface area contributed by atoms with Gasteiger partial charge in [-0.15, -0.1) is 0 Å². The molecule has 0 heterocycles. The molecule has 0 fully saturated rings. The number of rotatable bonds is 3. The molecular formula is C20H29Cl. The summed E-state index contributed by atoms with van der Waals surface area (Å²) in [5.74, 6) is 0.719. The van der Waals surface area contributed by atoms with E-state index in [0.717, 1.165) is 23.8 Å². The summed E-state index contributed by atoms with van der Waals surface area (Å²) in [6, 6.07) is 18.5. The smallest absolute Gasteiger partial charge is 0.0406 e. The topological polar surface area (TPSA) is 0 Å². The zero-order chi connectivity index (χ0) is 16.1. The van der Waals surface area contributed by atoms with Crippen LogP contribution in [0.2, 0.25) is 5.02 Å². The minimum Gasteiger partial charge on any atom is -0.0843 e. The molecule has 0 aliphatic heterocycles. The first-order chi connectivity index (χ1) is 10.1. The molecule has 0 radical (unpaired) electrons. The molecule has 0 unspecified atom stereocenters. The Morgan fingerprint density at radius 3 is 1.71 bits per heavy atom. The van der Waals surface area contributed by atoms with Crippen LogP contribution < -0.4 is 0 Å². The van der Waals surface area contributed by atoms with Crippen LogP contribution >= 0.6 is 11.6 Å². The van der Waals surface area contributed by atoms with Crippen LogP contribution in [-0.4, -0.2) is 0 Å². The van der Waals surface area contributed by atoms with Gasteiger partial charge in [0, 0.05) is 5.02 Å². The maximum Gasteiger partial charge on any atom is 0.0406 e. The molecule has 1 heteroatoms. The fourth-order valence-electron chi connectivity index (χ4n) is 1.81. The molecule has 0 N–H and O–H groups in total. The molecule has 0 bridgehead atoms. The standard InChI is InChI=1S/C10H13Cl.C8H10.C2H6/c1-8(2)7-9-3-5-10(11)6-4-9;1-2-8-6-4-3-5-7-8;1-2/h3-6,8H,7H2,1-2H3;3-7H,2H2,1H3;1-2H3. The lowest BCUT2D eigenvalue weighted by Crippen LogP contribution is -1.92. The highest BCUT2D eigenvalue weighted by Gasteiger charge is 1.96. The van der Waals surface area contributed by atoms with E-state index < -0.39 is 0 Å². The van der Waals surface area contributed by atoms with Gasteiger partial charge in [0.25, 0.3) is 0 Å². The van der Waals surface area contributed by atoms with E-state index in [9.17, 15) is 0 Å². The molecular weight excluding hydrogens is 276 g/mol. The van der Waals surface area contributed by atoms with E-state index in [1.807, 2.05) is 32.0 Å². The molecule has 0 amide bonds. The molecule has 21 heavy (non-hydrogen) atoms. The highest BCUT2D eigenvalue weighted by atomic mass is 35.5. The Morgan fingerprint density at radius 1 is 0.810 bits per heavy atom. The second-order valence-electron chi connectivity index (χ2n) is 5.06. The fourth-order valence-corrected chi connectivity index (χ4v) is 1.93. The molecule has 0 nitrogen and oxygen atoms in total. The highest BCUT2D eigenvalue weighted by molar-refractivity contribution is 6.30. The van der Waals surface area contributed by atoms with Crippen LogP contribution in [-0.2, 0) is 12.8 Å². The Balaban J connectivity index is 0.000000354. The molecule has 0 aliphatic carbocycles. The summed E-state index contributed by atoms with van der Waals surface area (Å²) in [6.07, 6.45) is 2.28. The van der Waals surface area contributed by atoms with Gasteiger partial charge in [-0.1, -0.05) is 88.7 Å². The van der Waals surface area contributed by atoms with Gasteiger partial charge >= 0.3 is 0 Å². The van der Waals surface area contributed by atoms with E-state index in [0.29, 0.717) is 0 Å². The molecule has 2 aromatic carbocycles. The van der Waals surface area contributed by atoms with Gasteiger partial charge < -0.3 is 0 Å². The number of aryl methyl sites for hydroxylation is 1. The molecule has 2 rings (SSSR count). The monoisotopic (exact) mass is 304 g/mol. The Morgan fingerprint density at radius 2 is 1.33 bits per heavy atom. The third-order valence-electron chi connectivity index (χ3n) is 2.81. The lowest BCUT2D eigenvalue weighted by atomic mass is 10.0. The van der Waals surface area contributed by atoms with Crippen LogP contribution in [0.4, 0.5) is 0 Å². The first kappa shape index (κ1) is 19.7. The number of hydrogen-bond acceptors (Lipinski definition) is 0. The van der Waals surface area contributed by atoms with Crippen LogP contribution in [0.15, 0.2) is 54.6 Å². The van der Waals surface area contributed by atoms with Crippen molar-refractivity contribution in [2.75, 3.05) is 0 Å². The molecule has 0 saturated carbocycles. The Labute approximate surface area is 136 Å². The Hall–Kier alpha value is -1.27. The SMILES string of the molecule is CC.CC(C)Cc1ccc(Cl)cc1.CCc1ccccc1. The minimum absolute atomic E-state index is 0.719. The van der Waals surface area contributed by atoms with Crippen molar-refractivity contribution >= 4 is 11.6 Å². The van der Waals surface area contributed by atoms with E-state index in [1.165, 1.54) is 11.1 Å². The Bertz CT molecular complexity index is 443. The molecule has 0 spiro atoms. The van der Waals surface area contributed by atoms with Gasteiger partial charge in [-0.25, -0.2) is 0 Å². The first-order valence-corrected chi connectivity index (χ1v) is 8.28. The van der Waals surface area contributed by atoms with Gasteiger partial charge in [0.2, 0.25) is 0 Å². The zero-order valence-corrected chi connectivity index (χ0v) is 14.8. The van der Waals surface area contributed by atoms with Crippen molar-refractivity contribution in [3.05, 3.63) is 70.7 Å². The largest absolute Gasteiger partial charge is 0.0843 e. The summed E-state index contributed by atoms with van der Waals surface area (Å²) < 4.78 is 0. The van der Waals surface area contributed by atoms with Gasteiger partial charge in [-0.3, -0.25) is 0 Å². The quantitative estimate of drug-likeness (QED) is 0.584. The van der Waals surface area contributed by atoms with Crippen molar-refractivity contribution < 1.29 is 0 Å². The number of benzene rings is 2. The van der Waals surface area contributed by atoms with Crippen molar-refractivity contribution in [2.45, 2.75) is 47.5 Å². The molecule has 0 saturated heterocycles. The highest BCUT2D eigenvalue weighted by Crippen LogP contribution is 2.12. The summed E-state index contributed by atoms with van der Waals surface area (Å²) in [4.78, 5) is 0. The molecule has 0 aromatic heterocycles. The van der Waals surface area contributed by atoms with Crippen molar-refractivity contribution in [3.8, 4) is 0 Å². The van der Waals surface area contributed by atoms with Gasteiger partial charge in [0.15, 0.2) is 0 Å². The van der Waals surface area contributed by atoms with Gasteiger partial charge in [0.05, 0.1) is 0 Å². The molecule has 116 valence electrons. The second-order valence-corrected chi connectivity index (χ2v) is 5.50. The summed E-state index contributed by atoms with van der Waals surface area (Å²) >= 11 is 5.75. The van der Waals surface area contributed by atoms with E-state index in [1.54, 1.807) is 0 Å². The van der Waals surface area contributed by atoms with Gasteiger partial charge in [-0.05, 0) is 42.0 Å². The normalized spacial score (nSPS) is 9.29. The number of halogens is 1. The lowest BCUT2D eigenvalue weighted by molar-refractivity contribution is 0.647. The van der Waals surface area contributed by atoms with Crippen LogP contribution in [0, 0.1) is 5.92 Å². The van der Waals surface area contributed by atoms with Crippen molar-refractivity contribution in [1.82, 2.24) is 0 Å². The molecule has 2 aromatic rings. The van der Waals surface area contributed by atoms with E-state index >= 15 is 0 Å². The minimum atomic E-state index is 0.719. The average molecular weight is 305 g/mol. The third kappa shape index (κ3) is 10.1. The fraction of sp³-hybridized carbons (Fsp3) is 0.400. The lowest BCUT2D eigenvalue weighted by Gasteiger charge is -2.03. The van der Waals surface area contributed by atoms with Gasteiger partial charge in [-0.2, -0.15) is 0 Å². The van der Waals surface area contributed by atoms with Gasteiger partial charge in [0.1, 0.15) is 0 Å². The maximum absolute atomic E-state index is 5.75. The average Bonchev–Trinajstić information content (AvgIpc) is 2.52. The maximum atomic E-state index is 5.75. The van der Waals surface area contributed by atoms with Crippen LogP contribution in [0.3, 0.4) is 0 Å². The van der Waals surface area contributed by atoms with Crippen LogP contribution in [0.1, 0.15) is 45.7 Å². The summed E-state index contributed by atoms with van der Waals surface area (Å²) in [7, 11) is 0. The summed E-state index contributed by atoms with van der Waals surface area (Å²) in [5, 5.41) is 0.817. The predicted molar refractivity (Wildman–Crippen MR) is 97.2 cm³/mol. The number of hydrogen-bond donors (Lipinski definition) is 0. The zero-order valence-electron chi connectivity index (χ0n) is 14.1.